The Morgan fingerprint density at radius 1 is 0.413 bits per heavy atom. The van der Waals surface area contributed by atoms with E-state index in [2.05, 4.69) is 143 Å². The van der Waals surface area contributed by atoms with Gasteiger partial charge in [0, 0.05) is 10.8 Å². The van der Waals surface area contributed by atoms with Crippen molar-refractivity contribution in [2.75, 3.05) is 0 Å². The zero-order valence-electron chi connectivity index (χ0n) is 26.4. The van der Waals surface area contributed by atoms with Crippen LogP contribution >= 0.6 is 0 Å². The lowest BCUT2D eigenvalue weighted by Gasteiger charge is -2.32. The molecule has 7 aromatic carbocycles. The maximum absolute atomic E-state index is 6.45. The van der Waals surface area contributed by atoms with Gasteiger partial charge in [-0.2, -0.15) is 0 Å². The van der Waals surface area contributed by atoms with Crippen molar-refractivity contribution < 1.29 is 13.7 Å². The average molecular weight is 597 g/mol. The van der Waals surface area contributed by atoms with Crippen LogP contribution in [0, 0.1) is 0 Å². The van der Waals surface area contributed by atoms with Gasteiger partial charge in [0.25, 0.3) is 0 Å². The van der Waals surface area contributed by atoms with Crippen LogP contribution < -0.4 is 5.46 Å². The molecule has 3 nitrogen and oxygen atoms in total. The second kappa shape index (κ2) is 9.80. The number of furan rings is 1. The number of fused-ring (bicyclic) bond motifs is 9. The van der Waals surface area contributed by atoms with Crippen LogP contribution in [0.15, 0.2) is 132 Å². The predicted octanol–water partition coefficient (Wildman–Crippen LogP) is 10.7. The molecule has 2 heterocycles. The molecular weight excluding hydrogens is 563 g/mol. The highest BCUT2D eigenvalue weighted by molar-refractivity contribution is 6.66. The largest absolute Gasteiger partial charge is 0.495 e. The molecular formula is C42H33BO3. The van der Waals surface area contributed by atoms with Gasteiger partial charge in [-0.3, -0.25) is 0 Å². The summed E-state index contributed by atoms with van der Waals surface area (Å²) in [5, 5.41) is 9.86. The number of hydrogen-bond acceptors (Lipinski definition) is 3. The van der Waals surface area contributed by atoms with Crippen LogP contribution in [-0.2, 0) is 9.31 Å². The average Bonchev–Trinajstić information content (AvgIpc) is 3.56. The maximum atomic E-state index is 6.45. The monoisotopic (exact) mass is 596 g/mol. The highest BCUT2D eigenvalue weighted by Crippen LogP contribution is 2.40. The zero-order chi connectivity index (χ0) is 31.2. The van der Waals surface area contributed by atoms with E-state index >= 15 is 0 Å². The van der Waals surface area contributed by atoms with Crippen LogP contribution in [0.3, 0.4) is 0 Å². The summed E-state index contributed by atoms with van der Waals surface area (Å²) >= 11 is 0. The predicted molar refractivity (Wildman–Crippen MR) is 193 cm³/mol. The van der Waals surface area contributed by atoms with Gasteiger partial charge in [0.2, 0.25) is 0 Å². The van der Waals surface area contributed by atoms with Gasteiger partial charge in [0.15, 0.2) is 0 Å². The van der Waals surface area contributed by atoms with Crippen molar-refractivity contribution in [1.82, 2.24) is 0 Å². The first-order valence-electron chi connectivity index (χ1n) is 16.0. The highest BCUT2D eigenvalue weighted by Gasteiger charge is 2.52. The summed E-state index contributed by atoms with van der Waals surface area (Å²) in [5.41, 5.74) is 6.56. The fourth-order valence-electron chi connectivity index (χ4n) is 7.14. The SMILES string of the molecule is CC1(C)OB(c2cccc3oc4ccc(-c5ccc(-c6ccc7c8ccccc8c8ccccc8c7c6)cc5)cc4c23)OC1(C)C. The Bertz CT molecular complexity index is 2440. The molecule has 222 valence electrons. The molecule has 1 fully saturated rings. The van der Waals surface area contributed by atoms with Crippen molar-refractivity contribution in [3.05, 3.63) is 127 Å². The maximum Gasteiger partial charge on any atom is 0.495 e. The third-order valence-electron chi connectivity index (χ3n) is 10.3. The van der Waals surface area contributed by atoms with Crippen LogP contribution in [0.25, 0.3) is 76.5 Å². The van der Waals surface area contributed by atoms with Crippen LogP contribution in [-0.4, -0.2) is 18.3 Å². The fraction of sp³-hybridized carbons (Fsp3) is 0.143. The van der Waals surface area contributed by atoms with Gasteiger partial charge in [0.05, 0.1) is 11.2 Å². The van der Waals surface area contributed by atoms with Crippen LogP contribution in [0.4, 0.5) is 0 Å². The van der Waals surface area contributed by atoms with E-state index in [4.69, 9.17) is 13.7 Å². The zero-order valence-corrected chi connectivity index (χ0v) is 26.4. The summed E-state index contributed by atoms with van der Waals surface area (Å²) in [6.45, 7) is 8.35. The van der Waals surface area contributed by atoms with Gasteiger partial charge in [-0.05, 0) is 112 Å². The molecule has 1 aromatic heterocycles. The molecule has 0 amide bonds. The summed E-state index contributed by atoms with van der Waals surface area (Å²) < 4.78 is 19.2. The van der Waals surface area contributed by atoms with Crippen molar-refractivity contribution >= 4 is 66.8 Å². The molecule has 1 aliphatic rings. The molecule has 1 aliphatic heterocycles. The molecule has 0 N–H and O–H groups in total. The Kier molecular flexibility index (Phi) is 5.84. The third-order valence-corrected chi connectivity index (χ3v) is 10.3. The lowest BCUT2D eigenvalue weighted by Crippen LogP contribution is -2.41. The molecule has 0 saturated carbocycles. The van der Waals surface area contributed by atoms with E-state index in [-0.39, 0.29) is 0 Å². The van der Waals surface area contributed by atoms with Gasteiger partial charge in [-0.1, -0.05) is 103 Å². The molecule has 0 spiro atoms. The number of hydrogen-bond donors (Lipinski definition) is 0. The first-order chi connectivity index (χ1) is 22.3. The topological polar surface area (TPSA) is 31.6 Å². The van der Waals surface area contributed by atoms with Crippen LogP contribution in [0.2, 0.25) is 0 Å². The van der Waals surface area contributed by atoms with E-state index in [0.717, 1.165) is 38.5 Å². The standard InChI is InChI=1S/C42H33BO3/c1-41(2)42(3,4)46-43(45-41)37-14-9-15-39-40(37)36-25-29(21-23-38(36)44-39)27-18-16-26(17-19-27)28-20-22-34-32-12-6-5-10-30(32)31-11-7-8-13-33(31)35(34)24-28/h5-25H,1-4H3. The van der Waals surface area contributed by atoms with E-state index in [1.165, 1.54) is 43.4 Å². The van der Waals surface area contributed by atoms with Crippen LogP contribution in [0.1, 0.15) is 27.7 Å². The molecule has 46 heavy (non-hydrogen) atoms. The normalized spacial score (nSPS) is 16.0. The minimum atomic E-state index is -0.463. The lowest BCUT2D eigenvalue weighted by atomic mass is 9.76. The van der Waals surface area contributed by atoms with E-state index in [1.54, 1.807) is 0 Å². The summed E-state index contributed by atoms with van der Waals surface area (Å²) in [6, 6.07) is 45.8. The van der Waals surface area contributed by atoms with E-state index < -0.39 is 18.3 Å². The summed E-state index contributed by atoms with van der Waals surface area (Å²) in [6.07, 6.45) is 0. The second-order valence-electron chi connectivity index (χ2n) is 13.6. The van der Waals surface area contributed by atoms with E-state index in [9.17, 15) is 0 Å². The Hall–Kier alpha value is -4.90. The molecule has 0 unspecified atom stereocenters. The Morgan fingerprint density at radius 3 is 1.48 bits per heavy atom. The van der Waals surface area contributed by atoms with Crippen molar-refractivity contribution in [1.29, 1.82) is 0 Å². The second-order valence-corrected chi connectivity index (χ2v) is 13.6. The summed E-state index contributed by atoms with van der Waals surface area (Å²) in [7, 11) is -0.463. The molecule has 4 heteroatoms. The van der Waals surface area contributed by atoms with Gasteiger partial charge in [-0.25, -0.2) is 0 Å². The fourth-order valence-corrected chi connectivity index (χ4v) is 7.14. The molecule has 0 radical (unpaired) electrons. The quantitative estimate of drug-likeness (QED) is 0.150. The highest BCUT2D eigenvalue weighted by atomic mass is 16.7. The van der Waals surface area contributed by atoms with E-state index in [0.29, 0.717) is 0 Å². The van der Waals surface area contributed by atoms with Crippen molar-refractivity contribution in [3.63, 3.8) is 0 Å². The van der Waals surface area contributed by atoms with Gasteiger partial charge in [-0.15, -0.1) is 0 Å². The minimum absolute atomic E-state index is 0.418. The van der Waals surface area contributed by atoms with E-state index in [1.807, 2.05) is 12.1 Å². The number of benzene rings is 7. The summed E-state index contributed by atoms with van der Waals surface area (Å²) in [4.78, 5) is 0. The first kappa shape index (κ1) is 27.4. The van der Waals surface area contributed by atoms with Crippen molar-refractivity contribution in [2.24, 2.45) is 0 Å². The lowest BCUT2D eigenvalue weighted by molar-refractivity contribution is 0.00578. The van der Waals surface area contributed by atoms with Crippen molar-refractivity contribution in [3.8, 4) is 22.3 Å². The minimum Gasteiger partial charge on any atom is -0.456 e. The molecule has 0 aliphatic carbocycles. The molecule has 9 rings (SSSR count). The molecule has 0 atom stereocenters. The first-order valence-corrected chi connectivity index (χ1v) is 16.0. The van der Waals surface area contributed by atoms with Crippen LogP contribution in [0.5, 0.6) is 0 Å². The molecule has 1 saturated heterocycles. The van der Waals surface area contributed by atoms with Gasteiger partial charge < -0.3 is 13.7 Å². The smallest absolute Gasteiger partial charge is 0.456 e. The van der Waals surface area contributed by atoms with Gasteiger partial charge >= 0.3 is 7.12 Å². The van der Waals surface area contributed by atoms with Crippen molar-refractivity contribution in [2.45, 2.75) is 38.9 Å². The number of rotatable bonds is 3. The molecule has 8 aromatic rings. The third kappa shape index (κ3) is 4.07. The Labute approximate surface area is 268 Å². The van der Waals surface area contributed by atoms with Gasteiger partial charge in [0.1, 0.15) is 11.2 Å². The Balaban J connectivity index is 1.11. The molecule has 0 bridgehead atoms. The summed E-state index contributed by atoms with van der Waals surface area (Å²) in [5.74, 6) is 0. The Morgan fingerprint density at radius 2 is 0.891 bits per heavy atom.